The van der Waals surface area contributed by atoms with Crippen molar-refractivity contribution in [2.75, 3.05) is 6.61 Å². The Hall–Kier alpha value is -1.89. The fourth-order valence-corrected chi connectivity index (χ4v) is 3.52. The fourth-order valence-electron chi connectivity index (χ4n) is 3.36. The van der Waals surface area contributed by atoms with Crippen molar-refractivity contribution in [3.8, 4) is 0 Å². The number of rotatable bonds is 4. The van der Waals surface area contributed by atoms with Crippen molar-refractivity contribution in [2.45, 2.75) is 25.1 Å². The van der Waals surface area contributed by atoms with Gasteiger partial charge in [-0.25, -0.2) is 4.98 Å². The van der Waals surface area contributed by atoms with E-state index in [0.29, 0.717) is 11.6 Å². The van der Waals surface area contributed by atoms with Crippen LogP contribution in [0.2, 0.25) is 5.02 Å². The highest BCUT2D eigenvalue weighted by Crippen LogP contribution is 2.29. The molecular formula is C17H20ClN5O. The average molecular weight is 346 g/mol. The number of hydrogen-bond donors (Lipinski definition) is 1. The van der Waals surface area contributed by atoms with Crippen LogP contribution in [0.15, 0.2) is 30.5 Å². The third kappa shape index (κ3) is 2.70. The van der Waals surface area contributed by atoms with Crippen LogP contribution in [-0.2, 0) is 25.4 Å². The van der Waals surface area contributed by atoms with E-state index in [1.807, 2.05) is 49.2 Å². The number of hydrogen-bond acceptors (Lipinski definition) is 4. The lowest BCUT2D eigenvalue weighted by Crippen LogP contribution is -2.32. The van der Waals surface area contributed by atoms with Crippen LogP contribution in [-0.4, -0.2) is 32.0 Å². The molecule has 0 aliphatic carbocycles. The zero-order chi connectivity index (χ0) is 16.7. The van der Waals surface area contributed by atoms with Crippen molar-refractivity contribution < 1.29 is 4.74 Å². The van der Waals surface area contributed by atoms with Gasteiger partial charge < -0.3 is 14.6 Å². The summed E-state index contributed by atoms with van der Waals surface area (Å²) in [6, 6.07) is 8.07. The quantitative estimate of drug-likeness (QED) is 0.789. The lowest BCUT2D eigenvalue weighted by Gasteiger charge is -2.20. The Morgan fingerprint density at radius 1 is 1.33 bits per heavy atom. The summed E-state index contributed by atoms with van der Waals surface area (Å²) < 4.78 is 9.90. The number of imidazole rings is 1. The molecule has 0 saturated carbocycles. The van der Waals surface area contributed by atoms with Crippen LogP contribution >= 0.6 is 11.6 Å². The van der Waals surface area contributed by atoms with Gasteiger partial charge in [0.05, 0.1) is 23.3 Å². The molecule has 3 aromatic rings. The number of nitrogens with zero attached hydrogens (tertiary/aromatic N) is 4. The Kier molecular flexibility index (Phi) is 4.04. The third-order valence-corrected chi connectivity index (χ3v) is 4.94. The minimum absolute atomic E-state index is 0.0293. The first-order chi connectivity index (χ1) is 11.6. The Bertz CT molecular complexity index is 871. The third-order valence-electron chi connectivity index (χ3n) is 4.70. The van der Waals surface area contributed by atoms with Gasteiger partial charge in [0.25, 0.3) is 0 Å². The molecule has 6 nitrogen and oxygen atoms in total. The molecule has 0 radical (unpaired) electrons. The number of ether oxygens (including phenoxy) is 1. The minimum Gasteiger partial charge on any atom is -0.370 e. The Balaban J connectivity index is 1.52. The van der Waals surface area contributed by atoms with Crippen molar-refractivity contribution in [3.63, 3.8) is 0 Å². The van der Waals surface area contributed by atoms with Crippen LogP contribution in [0, 0.1) is 0 Å². The molecule has 0 unspecified atom stereocenters. The maximum Gasteiger partial charge on any atom is 0.123 e. The SMILES string of the molecule is Cn1nccc1[C@H]1OCC[C@@H]1NCc1nc2cc(Cl)ccc2n1C. The summed E-state index contributed by atoms with van der Waals surface area (Å²) >= 11 is 6.06. The van der Waals surface area contributed by atoms with Crippen LogP contribution < -0.4 is 5.32 Å². The largest absolute Gasteiger partial charge is 0.370 e. The van der Waals surface area contributed by atoms with Gasteiger partial charge in [0.2, 0.25) is 0 Å². The minimum atomic E-state index is 0.0293. The summed E-state index contributed by atoms with van der Waals surface area (Å²) in [4.78, 5) is 4.70. The predicted octanol–water partition coefficient (Wildman–Crippen LogP) is 2.58. The lowest BCUT2D eigenvalue weighted by atomic mass is 10.1. The second-order valence-corrected chi connectivity index (χ2v) is 6.60. The lowest BCUT2D eigenvalue weighted by molar-refractivity contribution is 0.0917. The van der Waals surface area contributed by atoms with Gasteiger partial charge in [-0.15, -0.1) is 0 Å². The van der Waals surface area contributed by atoms with E-state index in [1.54, 1.807) is 0 Å². The van der Waals surface area contributed by atoms with Gasteiger partial charge >= 0.3 is 0 Å². The smallest absolute Gasteiger partial charge is 0.123 e. The van der Waals surface area contributed by atoms with Crippen LogP contribution in [0.3, 0.4) is 0 Å². The van der Waals surface area contributed by atoms with Crippen molar-refractivity contribution in [2.24, 2.45) is 14.1 Å². The van der Waals surface area contributed by atoms with Crippen molar-refractivity contribution >= 4 is 22.6 Å². The number of nitrogens with one attached hydrogen (secondary N) is 1. The van der Waals surface area contributed by atoms with Crippen molar-refractivity contribution in [1.29, 1.82) is 0 Å². The molecule has 4 rings (SSSR count). The molecule has 2 atom stereocenters. The van der Waals surface area contributed by atoms with Gasteiger partial charge in [-0.3, -0.25) is 4.68 Å². The molecule has 7 heteroatoms. The van der Waals surface area contributed by atoms with E-state index < -0.39 is 0 Å². The Labute approximate surface area is 145 Å². The van der Waals surface area contributed by atoms with Crippen LogP contribution in [0.1, 0.15) is 24.0 Å². The molecule has 126 valence electrons. The molecular weight excluding hydrogens is 326 g/mol. The molecule has 24 heavy (non-hydrogen) atoms. The van der Waals surface area contributed by atoms with E-state index in [-0.39, 0.29) is 12.1 Å². The molecule has 0 spiro atoms. The first-order valence-electron chi connectivity index (χ1n) is 8.07. The highest BCUT2D eigenvalue weighted by molar-refractivity contribution is 6.31. The van der Waals surface area contributed by atoms with Crippen LogP contribution in [0.4, 0.5) is 0 Å². The normalized spacial score (nSPS) is 21.0. The Morgan fingerprint density at radius 2 is 2.21 bits per heavy atom. The molecule has 0 bridgehead atoms. The second-order valence-electron chi connectivity index (χ2n) is 6.17. The molecule has 2 aromatic heterocycles. The summed E-state index contributed by atoms with van der Waals surface area (Å²) in [6.45, 7) is 1.44. The van der Waals surface area contributed by atoms with E-state index in [0.717, 1.165) is 35.6 Å². The monoisotopic (exact) mass is 345 g/mol. The number of fused-ring (bicyclic) bond motifs is 1. The summed E-state index contributed by atoms with van der Waals surface area (Å²) in [6.07, 6.45) is 2.82. The van der Waals surface area contributed by atoms with Gasteiger partial charge in [-0.2, -0.15) is 5.10 Å². The maximum absolute atomic E-state index is 6.06. The van der Waals surface area contributed by atoms with Crippen molar-refractivity contribution in [1.82, 2.24) is 24.6 Å². The first-order valence-corrected chi connectivity index (χ1v) is 8.45. The molecule has 0 amide bonds. The molecule has 1 aliphatic heterocycles. The molecule has 1 fully saturated rings. The van der Waals surface area contributed by atoms with Gasteiger partial charge in [-0.05, 0) is 30.7 Å². The number of aromatic nitrogens is 4. The Morgan fingerprint density at radius 3 is 3.00 bits per heavy atom. The summed E-state index contributed by atoms with van der Waals surface area (Å²) in [5.41, 5.74) is 3.11. The van der Waals surface area contributed by atoms with E-state index in [4.69, 9.17) is 21.3 Å². The topological polar surface area (TPSA) is 56.9 Å². The molecule has 1 aromatic carbocycles. The van der Waals surface area contributed by atoms with Gasteiger partial charge in [0.15, 0.2) is 0 Å². The standard InChI is InChI=1S/C17H20ClN5O/c1-22-14-4-3-11(18)9-13(14)21-16(22)10-19-12-6-8-24-17(12)15-5-7-20-23(15)2/h3-5,7,9,12,17,19H,6,8,10H2,1-2H3/t12-,17-/m0/s1. The second kappa shape index (κ2) is 6.20. The van der Waals surface area contributed by atoms with E-state index >= 15 is 0 Å². The van der Waals surface area contributed by atoms with Gasteiger partial charge in [-0.1, -0.05) is 11.6 Å². The summed E-state index contributed by atoms with van der Waals surface area (Å²) in [7, 11) is 3.98. The maximum atomic E-state index is 6.06. The van der Waals surface area contributed by atoms with Gasteiger partial charge in [0, 0.05) is 38.0 Å². The number of benzene rings is 1. The summed E-state index contributed by atoms with van der Waals surface area (Å²) in [5.74, 6) is 0.989. The molecule has 1 aliphatic rings. The fraction of sp³-hybridized carbons (Fsp3) is 0.412. The van der Waals surface area contributed by atoms with E-state index in [1.165, 1.54) is 0 Å². The highest BCUT2D eigenvalue weighted by atomic mass is 35.5. The van der Waals surface area contributed by atoms with Crippen LogP contribution in [0.25, 0.3) is 11.0 Å². The first kappa shape index (κ1) is 15.6. The molecule has 1 N–H and O–H groups in total. The zero-order valence-corrected chi connectivity index (χ0v) is 14.5. The average Bonchev–Trinajstić information content (AvgIpc) is 3.25. The highest BCUT2D eigenvalue weighted by Gasteiger charge is 2.31. The van der Waals surface area contributed by atoms with E-state index in [9.17, 15) is 0 Å². The van der Waals surface area contributed by atoms with Crippen LogP contribution in [0.5, 0.6) is 0 Å². The number of halogens is 1. The molecule has 3 heterocycles. The van der Waals surface area contributed by atoms with Gasteiger partial charge in [0.1, 0.15) is 11.9 Å². The molecule has 1 saturated heterocycles. The zero-order valence-electron chi connectivity index (χ0n) is 13.7. The summed E-state index contributed by atoms with van der Waals surface area (Å²) in [5, 5.41) is 8.55. The predicted molar refractivity (Wildman–Crippen MR) is 92.9 cm³/mol. The number of aryl methyl sites for hydroxylation is 2. The van der Waals surface area contributed by atoms with E-state index in [2.05, 4.69) is 15.0 Å². The van der Waals surface area contributed by atoms with Crippen molar-refractivity contribution in [3.05, 3.63) is 47.0 Å².